The fraction of sp³-hybridized carbons (Fsp3) is 0.444. The Morgan fingerprint density at radius 1 is 1.18 bits per heavy atom. The van der Waals surface area contributed by atoms with E-state index in [1.165, 1.54) is 5.56 Å². The highest BCUT2D eigenvalue weighted by atomic mass is 32.1. The molecule has 0 saturated carbocycles. The summed E-state index contributed by atoms with van der Waals surface area (Å²) < 4.78 is 0. The van der Waals surface area contributed by atoms with E-state index in [-0.39, 0.29) is 5.91 Å². The minimum absolute atomic E-state index is 0.110. The molecule has 0 atom stereocenters. The summed E-state index contributed by atoms with van der Waals surface area (Å²) in [5.41, 5.74) is 2.96. The van der Waals surface area contributed by atoms with Crippen LogP contribution >= 0.6 is 12.2 Å². The maximum atomic E-state index is 12.1. The lowest BCUT2D eigenvalue weighted by atomic mass is 10.0. The second kappa shape index (κ2) is 7.05. The molecule has 0 aliphatic carbocycles. The molecule has 118 valence electrons. The van der Waals surface area contributed by atoms with Crippen LogP contribution in [0.3, 0.4) is 0 Å². The van der Waals surface area contributed by atoms with Crippen LogP contribution in [-0.4, -0.2) is 22.5 Å². The van der Waals surface area contributed by atoms with Crippen molar-refractivity contribution >= 4 is 29.3 Å². The van der Waals surface area contributed by atoms with Crippen LogP contribution in [0.15, 0.2) is 30.0 Å². The lowest BCUT2D eigenvalue weighted by molar-refractivity contribution is -0.115. The third-order valence-electron chi connectivity index (χ3n) is 3.83. The third-order valence-corrected chi connectivity index (χ3v) is 4.15. The Bertz CT molecular complexity index is 588. The molecule has 4 heteroatoms. The van der Waals surface area contributed by atoms with Crippen molar-refractivity contribution < 1.29 is 4.79 Å². The van der Waals surface area contributed by atoms with Crippen LogP contribution in [-0.2, 0) is 4.79 Å². The van der Waals surface area contributed by atoms with Crippen molar-refractivity contribution in [2.75, 3.05) is 6.54 Å². The highest BCUT2D eigenvalue weighted by Gasteiger charge is 2.29. The summed E-state index contributed by atoms with van der Waals surface area (Å²) in [7, 11) is 0. The molecule has 0 unspecified atom stereocenters. The topological polar surface area (TPSA) is 32.3 Å². The van der Waals surface area contributed by atoms with Gasteiger partial charge in [0.15, 0.2) is 5.11 Å². The monoisotopic (exact) mass is 316 g/mol. The summed E-state index contributed by atoms with van der Waals surface area (Å²) >= 11 is 5.27. The van der Waals surface area contributed by atoms with Crippen LogP contribution in [0.1, 0.15) is 51.2 Å². The molecule has 1 saturated heterocycles. The molecular weight excluding hydrogens is 292 g/mol. The minimum atomic E-state index is -0.110. The van der Waals surface area contributed by atoms with Crippen LogP contribution < -0.4 is 5.32 Å². The molecule has 1 N–H and O–H groups in total. The molecule has 0 aromatic heterocycles. The van der Waals surface area contributed by atoms with Gasteiger partial charge in [0.05, 0.1) is 0 Å². The number of rotatable bonds is 5. The smallest absolute Gasteiger partial charge is 0.274 e. The predicted octanol–water partition coefficient (Wildman–Crippen LogP) is 3.91. The van der Waals surface area contributed by atoms with Crippen LogP contribution in [0.4, 0.5) is 0 Å². The highest BCUT2D eigenvalue weighted by Crippen LogP contribution is 2.20. The Morgan fingerprint density at radius 3 is 2.36 bits per heavy atom. The van der Waals surface area contributed by atoms with E-state index < -0.39 is 0 Å². The first-order chi connectivity index (χ1) is 10.4. The van der Waals surface area contributed by atoms with Gasteiger partial charge in [-0.25, -0.2) is 0 Å². The molecule has 0 bridgehead atoms. The van der Waals surface area contributed by atoms with Crippen molar-refractivity contribution in [1.82, 2.24) is 10.2 Å². The number of hydrogen-bond donors (Lipinski definition) is 1. The second-order valence-electron chi connectivity index (χ2n) is 6.44. The van der Waals surface area contributed by atoms with Gasteiger partial charge in [-0.05, 0) is 47.7 Å². The average Bonchev–Trinajstić information content (AvgIpc) is 2.71. The normalized spacial score (nSPS) is 17.0. The molecule has 1 aliphatic rings. The predicted molar refractivity (Wildman–Crippen MR) is 95.4 cm³/mol. The average molecular weight is 316 g/mol. The van der Waals surface area contributed by atoms with Crippen LogP contribution in [0.5, 0.6) is 0 Å². The fourth-order valence-corrected chi connectivity index (χ4v) is 2.63. The van der Waals surface area contributed by atoms with Crippen LogP contribution in [0.25, 0.3) is 6.08 Å². The van der Waals surface area contributed by atoms with Crippen LogP contribution in [0.2, 0.25) is 0 Å². The van der Waals surface area contributed by atoms with Gasteiger partial charge in [-0.1, -0.05) is 52.0 Å². The van der Waals surface area contributed by atoms with Crippen molar-refractivity contribution in [2.45, 2.75) is 40.0 Å². The minimum Gasteiger partial charge on any atom is -0.314 e. The van der Waals surface area contributed by atoms with Crippen molar-refractivity contribution in [3.05, 3.63) is 41.1 Å². The molecular formula is C18H24N2OS. The first-order valence-corrected chi connectivity index (χ1v) is 8.23. The van der Waals surface area contributed by atoms with E-state index in [0.29, 0.717) is 22.6 Å². The van der Waals surface area contributed by atoms with Gasteiger partial charge in [0.25, 0.3) is 5.91 Å². The molecule has 1 amide bonds. The van der Waals surface area contributed by atoms with Gasteiger partial charge < -0.3 is 4.90 Å². The Morgan fingerprint density at radius 2 is 1.82 bits per heavy atom. The van der Waals surface area contributed by atoms with E-state index in [9.17, 15) is 4.79 Å². The molecule has 2 rings (SSSR count). The van der Waals surface area contributed by atoms with Crippen molar-refractivity contribution in [2.24, 2.45) is 5.92 Å². The number of amides is 1. The van der Waals surface area contributed by atoms with Gasteiger partial charge in [0.2, 0.25) is 0 Å². The number of thiocarbonyl (C=S) groups is 1. The molecule has 3 nitrogen and oxygen atoms in total. The van der Waals surface area contributed by atoms with E-state index in [1.807, 2.05) is 11.0 Å². The van der Waals surface area contributed by atoms with E-state index in [0.717, 1.165) is 18.5 Å². The number of nitrogens with one attached hydrogen (secondary N) is 1. The molecule has 1 aromatic rings. The SMILES string of the molecule is CC(C)CCN1C(=S)NC(=O)/C1=C\c1ccc(C(C)C)cc1. The number of nitrogens with zero attached hydrogens (tertiary/aromatic N) is 1. The molecule has 1 fully saturated rings. The van der Waals surface area contributed by atoms with Crippen molar-refractivity contribution in [3.8, 4) is 0 Å². The fourth-order valence-electron chi connectivity index (χ4n) is 2.35. The summed E-state index contributed by atoms with van der Waals surface area (Å²) in [5, 5.41) is 3.25. The number of hydrogen-bond acceptors (Lipinski definition) is 2. The van der Waals surface area contributed by atoms with Crippen molar-refractivity contribution in [3.63, 3.8) is 0 Å². The Labute approximate surface area is 138 Å². The molecule has 1 heterocycles. The Hall–Kier alpha value is -1.68. The lowest BCUT2D eigenvalue weighted by Crippen LogP contribution is -2.28. The van der Waals surface area contributed by atoms with E-state index in [2.05, 4.69) is 57.3 Å². The van der Waals surface area contributed by atoms with Crippen molar-refractivity contribution in [1.29, 1.82) is 0 Å². The zero-order chi connectivity index (χ0) is 16.3. The quantitative estimate of drug-likeness (QED) is 0.660. The summed E-state index contributed by atoms with van der Waals surface area (Å²) in [6.07, 6.45) is 2.91. The van der Waals surface area contributed by atoms with Gasteiger partial charge in [-0.15, -0.1) is 0 Å². The second-order valence-corrected chi connectivity index (χ2v) is 6.83. The standard InChI is InChI=1S/C18H24N2OS/c1-12(2)9-10-20-16(17(21)19-18(20)22)11-14-5-7-15(8-6-14)13(3)4/h5-8,11-13H,9-10H2,1-4H3,(H,19,21,22)/b16-11+. The zero-order valence-electron chi connectivity index (χ0n) is 13.7. The summed E-state index contributed by atoms with van der Waals surface area (Å²) in [4.78, 5) is 14.0. The maximum absolute atomic E-state index is 12.1. The maximum Gasteiger partial charge on any atom is 0.274 e. The first kappa shape index (κ1) is 16.7. The largest absolute Gasteiger partial charge is 0.314 e. The molecule has 0 radical (unpaired) electrons. The van der Waals surface area contributed by atoms with E-state index in [4.69, 9.17) is 12.2 Å². The molecule has 22 heavy (non-hydrogen) atoms. The van der Waals surface area contributed by atoms with Gasteiger partial charge >= 0.3 is 0 Å². The Balaban J connectivity index is 2.22. The van der Waals surface area contributed by atoms with Gasteiger partial charge in [0.1, 0.15) is 5.70 Å². The lowest BCUT2D eigenvalue weighted by Gasteiger charge is -2.18. The summed E-state index contributed by atoms with van der Waals surface area (Å²) in [5.74, 6) is 0.971. The summed E-state index contributed by atoms with van der Waals surface area (Å²) in [6, 6.07) is 8.33. The van der Waals surface area contributed by atoms with Gasteiger partial charge in [0, 0.05) is 6.54 Å². The highest BCUT2D eigenvalue weighted by molar-refractivity contribution is 7.80. The van der Waals surface area contributed by atoms with Crippen LogP contribution in [0, 0.1) is 5.92 Å². The van der Waals surface area contributed by atoms with E-state index in [1.54, 1.807) is 0 Å². The number of benzene rings is 1. The molecule has 0 spiro atoms. The first-order valence-electron chi connectivity index (χ1n) is 7.83. The number of carbonyl (C=O) groups excluding carboxylic acids is 1. The van der Waals surface area contributed by atoms with Gasteiger partial charge in [-0.2, -0.15) is 0 Å². The zero-order valence-corrected chi connectivity index (χ0v) is 14.5. The third kappa shape index (κ3) is 3.95. The molecule has 1 aromatic carbocycles. The summed E-state index contributed by atoms with van der Waals surface area (Å²) in [6.45, 7) is 9.45. The van der Waals surface area contributed by atoms with E-state index >= 15 is 0 Å². The Kier molecular flexibility index (Phi) is 5.35. The number of carbonyl (C=O) groups is 1. The molecule has 1 aliphatic heterocycles. The van der Waals surface area contributed by atoms with Gasteiger partial charge in [-0.3, -0.25) is 10.1 Å².